The lowest BCUT2D eigenvalue weighted by Crippen LogP contribution is -2.48. The van der Waals surface area contributed by atoms with Crippen molar-refractivity contribution in [1.29, 1.82) is 0 Å². The van der Waals surface area contributed by atoms with Crippen molar-refractivity contribution in [2.75, 3.05) is 0 Å². The van der Waals surface area contributed by atoms with Crippen LogP contribution in [-0.2, 0) is 16.0 Å². The maximum absolute atomic E-state index is 12.2. The number of phenolic OH excluding ortho intramolecular Hbond substituents is 1. The highest BCUT2D eigenvalue weighted by Crippen LogP contribution is 2.29. The number of phenols is 1. The van der Waals surface area contributed by atoms with E-state index in [1.54, 1.807) is 26.8 Å². The fourth-order valence-corrected chi connectivity index (χ4v) is 2.81. The molecule has 0 aliphatic rings. The van der Waals surface area contributed by atoms with Crippen molar-refractivity contribution < 1.29 is 24.2 Å². The van der Waals surface area contributed by atoms with Gasteiger partial charge in [0.1, 0.15) is 11.3 Å². The first-order valence-electron chi connectivity index (χ1n) is 8.00. The Morgan fingerprint density at radius 2 is 2.00 bits per heavy atom. The van der Waals surface area contributed by atoms with Crippen molar-refractivity contribution >= 4 is 22.8 Å². The number of hydrogen-bond donors (Lipinski definition) is 2. The Balaban J connectivity index is 2.37. The molecule has 0 unspecified atom stereocenters. The lowest BCUT2D eigenvalue weighted by atomic mass is 10.0. The van der Waals surface area contributed by atoms with Crippen molar-refractivity contribution in [2.45, 2.75) is 46.1 Å². The zero-order chi connectivity index (χ0) is 18.7. The summed E-state index contributed by atoms with van der Waals surface area (Å²) in [5.41, 5.74) is 0.792. The Bertz CT molecular complexity index is 883. The largest absolute Gasteiger partial charge is 0.548 e. The monoisotopic (exact) mass is 346 g/mol. The Morgan fingerprint density at radius 1 is 1.32 bits per heavy atom. The first kappa shape index (κ1) is 18.5. The van der Waals surface area contributed by atoms with Gasteiger partial charge in [0.05, 0.1) is 29.4 Å². The molecule has 2 N–H and O–H groups in total. The summed E-state index contributed by atoms with van der Waals surface area (Å²) in [6.07, 6.45) is 0.452. The number of hydrogen-bond acceptors (Lipinski definition) is 6. The lowest BCUT2D eigenvalue weighted by molar-refractivity contribution is -0.308. The Hall–Kier alpha value is -2.83. The number of rotatable bonds is 6. The highest BCUT2D eigenvalue weighted by atomic mass is 16.4. The Labute approximate surface area is 144 Å². The average molecular weight is 346 g/mol. The standard InChI is InChI=1S/C18H21NO6/c1-4-5-12(17(22)23)19-15(21)8-11-10(3)16-13(20)6-9(2)7-14(16)25-18(11)24/h6-7,12,20H,4-5,8H2,1-3H3,(H,19,21)(H,22,23)/p-1/t12-/m1/s1. The van der Waals surface area contributed by atoms with Gasteiger partial charge in [0.2, 0.25) is 5.91 Å². The first-order chi connectivity index (χ1) is 11.7. The molecule has 1 aromatic carbocycles. The third-order valence-corrected chi connectivity index (χ3v) is 4.04. The second kappa shape index (κ2) is 7.38. The SMILES string of the molecule is CCC[C@@H](NC(=O)Cc1c(C)c2c(O)cc(C)cc2oc1=O)C(=O)[O-]. The number of carboxylic acids is 1. The molecule has 0 saturated carbocycles. The summed E-state index contributed by atoms with van der Waals surface area (Å²) in [6.45, 7) is 5.15. The summed E-state index contributed by atoms with van der Waals surface area (Å²) in [7, 11) is 0. The summed E-state index contributed by atoms with van der Waals surface area (Å²) in [5.74, 6) is -2.04. The fraction of sp³-hybridized carbons (Fsp3) is 0.389. The van der Waals surface area contributed by atoms with Crippen LogP contribution in [0.1, 0.15) is 36.5 Å². The predicted octanol–water partition coefficient (Wildman–Crippen LogP) is 0.693. The molecule has 0 fully saturated rings. The van der Waals surface area contributed by atoms with E-state index in [1.807, 2.05) is 0 Å². The number of carbonyl (C=O) groups is 2. The molecule has 7 heteroatoms. The van der Waals surface area contributed by atoms with Gasteiger partial charge in [-0.15, -0.1) is 0 Å². The van der Waals surface area contributed by atoms with Crippen molar-refractivity contribution in [2.24, 2.45) is 0 Å². The van der Waals surface area contributed by atoms with Crippen LogP contribution in [0.25, 0.3) is 11.0 Å². The minimum atomic E-state index is -1.37. The van der Waals surface area contributed by atoms with Crippen molar-refractivity contribution in [3.63, 3.8) is 0 Å². The molecule has 0 spiro atoms. The Morgan fingerprint density at radius 3 is 2.60 bits per heavy atom. The van der Waals surface area contributed by atoms with E-state index >= 15 is 0 Å². The minimum absolute atomic E-state index is 0.0449. The first-order valence-corrected chi connectivity index (χ1v) is 8.00. The normalized spacial score (nSPS) is 12.1. The number of aryl methyl sites for hydroxylation is 2. The van der Waals surface area contributed by atoms with Gasteiger partial charge in [-0.2, -0.15) is 0 Å². The maximum Gasteiger partial charge on any atom is 0.340 e. The van der Waals surface area contributed by atoms with Gasteiger partial charge in [-0.05, 0) is 43.5 Å². The molecule has 2 rings (SSSR count). The molecule has 0 bridgehead atoms. The molecule has 0 radical (unpaired) electrons. The summed E-state index contributed by atoms with van der Waals surface area (Å²) < 4.78 is 5.21. The van der Waals surface area contributed by atoms with E-state index in [0.29, 0.717) is 17.4 Å². The Kier molecular flexibility index (Phi) is 5.46. The second-order valence-corrected chi connectivity index (χ2v) is 6.05. The minimum Gasteiger partial charge on any atom is -0.548 e. The maximum atomic E-state index is 12.2. The third kappa shape index (κ3) is 3.99. The van der Waals surface area contributed by atoms with E-state index in [9.17, 15) is 24.6 Å². The van der Waals surface area contributed by atoms with Gasteiger partial charge >= 0.3 is 5.63 Å². The topological polar surface area (TPSA) is 120 Å². The van der Waals surface area contributed by atoms with Crippen LogP contribution in [0.15, 0.2) is 21.3 Å². The lowest BCUT2D eigenvalue weighted by Gasteiger charge is -2.19. The van der Waals surface area contributed by atoms with E-state index in [-0.39, 0.29) is 29.7 Å². The molecule has 1 heterocycles. The quantitative estimate of drug-likeness (QED) is 0.743. The van der Waals surface area contributed by atoms with Crippen LogP contribution in [0, 0.1) is 13.8 Å². The van der Waals surface area contributed by atoms with Crippen LogP contribution in [0.2, 0.25) is 0 Å². The van der Waals surface area contributed by atoms with Crippen LogP contribution in [0.4, 0.5) is 0 Å². The third-order valence-electron chi connectivity index (χ3n) is 4.04. The van der Waals surface area contributed by atoms with Crippen LogP contribution >= 0.6 is 0 Å². The van der Waals surface area contributed by atoms with Crippen molar-refractivity contribution in [3.8, 4) is 5.75 Å². The van der Waals surface area contributed by atoms with E-state index in [4.69, 9.17) is 4.42 Å². The molecule has 1 aromatic heterocycles. The number of nitrogens with one attached hydrogen (secondary N) is 1. The molecule has 1 amide bonds. The molecule has 2 aromatic rings. The number of benzene rings is 1. The van der Waals surface area contributed by atoms with Gasteiger partial charge in [0.15, 0.2) is 0 Å². The summed E-state index contributed by atoms with van der Waals surface area (Å²) >= 11 is 0. The number of amides is 1. The molecular formula is C18H20NO6-. The van der Waals surface area contributed by atoms with Crippen LogP contribution in [0.5, 0.6) is 5.75 Å². The van der Waals surface area contributed by atoms with E-state index < -0.39 is 23.5 Å². The molecule has 25 heavy (non-hydrogen) atoms. The molecule has 134 valence electrons. The van der Waals surface area contributed by atoms with Gasteiger partial charge in [0.25, 0.3) is 0 Å². The number of carboxylic acid groups (broad SMARTS) is 1. The smallest absolute Gasteiger partial charge is 0.340 e. The molecule has 0 aliphatic heterocycles. The average Bonchev–Trinajstić information content (AvgIpc) is 2.49. The van der Waals surface area contributed by atoms with E-state index in [0.717, 1.165) is 5.56 Å². The molecule has 1 atom stereocenters. The van der Waals surface area contributed by atoms with Gasteiger partial charge in [-0.25, -0.2) is 4.79 Å². The summed E-state index contributed by atoms with van der Waals surface area (Å²) in [5, 5.41) is 23.9. The zero-order valence-electron chi connectivity index (χ0n) is 14.3. The number of fused-ring (bicyclic) bond motifs is 1. The van der Waals surface area contributed by atoms with E-state index in [2.05, 4.69) is 5.32 Å². The van der Waals surface area contributed by atoms with Gasteiger partial charge in [-0.3, -0.25) is 4.79 Å². The van der Waals surface area contributed by atoms with Crippen molar-refractivity contribution in [3.05, 3.63) is 39.2 Å². The van der Waals surface area contributed by atoms with E-state index in [1.165, 1.54) is 6.07 Å². The number of aliphatic carboxylic acids is 1. The van der Waals surface area contributed by atoms with Gasteiger partial charge < -0.3 is 24.7 Å². The number of aromatic hydroxyl groups is 1. The fourth-order valence-electron chi connectivity index (χ4n) is 2.81. The molecule has 0 saturated heterocycles. The van der Waals surface area contributed by atoms with Crippen LogP contribution in [0.3, 0.4) is 0 Å². The van der Waals surface area contributed by atoms with Crippen LogP contribution < -0.4 is 16.0 Å². The molecule has 7 nitrogen and oxygen atoms in total. The zero-order valence-corrected chi connectivity index (χ0v) is 14.3. The highest BCUT2D eigenvalue weighted by molar-refractivity contribution is 5.90. The van der Waals surface area contributed by atoms with Crippen LogP contribution in [-0.4, -0.2) is 23.0 Å². The van der Waals surface area contributed by atoms with Gasteiger partial charge in [-0.1, -0.05) is 13.3 Å². The number of carbonyl (C=O) groups excluding carboxylic acids is 2. The molecular weight excluding hydrogens is 326 g/mol. The summed E-state index contributed by atoms with van der Waals surface area (Å²) in [6, 6.07) is 2.05. The molecule has 0 aliphatic carbocycles. The predicted molar refractivity (Wildman–Crippen MR) is 89.2 cm³/mol. The highest BCUT2D eigenvalue weighted by Gasteiger charge is 2.19. The summed E-state index contributed by atoms with van der Waals surface area (Å²) in [4.78, 5) is 35.4. The van der Waals surface area contributed by atoms with Crippen molar-refractivity contribution in [1.82, 2.24) is 5.32 Å². The second-order valence-electron chi connectivity index (χ2n) is 6.05. The van der Waals surface area contributed by atoms with Gasteiger partial charge in [0, 0.05) is 0 Å².